The first kappa shape index (κ1) is 16.1. The van der Waals surface area contributed by atoms with Gasteiger partial charge in [-0.15, -0.1) is 0 Å². The minimum absolute atomic E-state index is 0.245. The van der Waals surface area contributed by atoms with Gasteiger partial charge in [0.2, 0.25) is 0 Å². The molecule has 110 valence electrons. The topological polar surface area (TPSA) is 73.3 Å². The molecule has 0 aliphatic carbocycles. The minimum atomic E-state index is -0.557. The number of hydrogen-bond acceptors (Lipinski definition) is 4. The van der Waals surface area contributed by atoms with Crippen molar-refractivity contribution in [1.82, 2.24) is 9.55 Å². The lowest BCUT2D eigenvalue weighted by molar-refractivity contribution is 0.0252. The van der Waals surface area contributed by atoms with E-state index in [1.165, 1.54) is 0 Å². The Hall–Kier alpha value is -0.910. The molecular weight excluding hydrogens is 242 g/mol. The van der Waals surface area contributed by atoms with E-state index in [0.717, 1.165) is 18.7 Å². The van der Waals surface area contributed by atoms with Crippen molar-refractivity contribution >= 4 is 0 Å². The predicted molar refractivity (Wildman–Crippen MR) is 75.8 cm³/mol. The number of nitrogens with two attached hydrogens (primary N) is 1. The quantitative estimate of drug-likeness (QED) is 0.703. The summed E-state index contributed by atoms with van der Waals surface area (Å²) < 4.78 is 7.53. The number of aromatic nitrogens is 2. The predicted octanol–water partition coefficient (Wildman–Crippen LogP) is 1.05. The maximum absolute atomic E-state index is 9.28. The van der Waals surface area contributed by atoms with Crippen molar-refractivity contribution in [2.75, 3.05) is 19.8 Å². The highest BCUT2D eigenvalue weighted by atomic mass is 16.5. The van der Waals surface area contributed by atoms with Crippen LogP contribution < -0.4 is 5.73 Å². The Bertz CT molecular complexity index is 352. The number of ether oxygens (including phenoxy) is 1. The second-order valence-corrected chi connectivity index (χ2v) is 5.69. The molecule has 0 bridgehead atoms. The van der Waals surface area contributed by atoms with Gasteiger partial charge in [0.15, 0.2) is 0 Å². The largest absolute Gasteiger partial charge is 0.389 e. The average molecular weight is 269 g/mol. The molecule has 0 saturated carbocycles. The smallest absolute Gasteiger partial charge is 0.0949 e. The number of aliphatic hydroxyl groups excluding tert-OH is 1. The molecule has 1 rings (SSSR count). The molecule has 0 aromatic carbocycles. The van der Waals surface area contributed by atoms with Crippen molar-refractivity contribution in [2.45, 2.75) is 39.8 Å². The van der Waals surface area contributed by atoms with E-state index in [9.17, 15) is 5.11 Å². The van der Waals surface area contributed by atoms with Gasteiger partial charge in [-0.2, -0.15) is 0 Å². The molecule has 2 atom stereocenters. The van der Waals surface area contributed by atoms with E-state index < -0.39 is 6.10 Å². The van der Waals surface area contributed by atoms with E-state index in [0.29, 0.717) is 25.0 Å². The van der Waals surface area contributed by atoms with Gasteiger partial charge in [0.05, 0.1) is 31.3 Å². The lowest BCUT2D eigenvalue weighted by atomic mass is 10.1. The normalized spacial score (nSPS) is 14.8. The van der Waals surface area contributed by atoms with Crippen LogP contribution in [-0.2, 0) is 17.7 Å². The molecule has 0 spiro atoms. The van der Waals surface area contributed by atoms with E-state index in [1.54, 1.807) is 0 Å². The van der Waals surface area contributed by atoms with Crippen LogP contribution in [0, 0.1) is 11.8 Å². The molecule has 19 heavy (non-hydrogen) atoms. The van der Waals surface area contributed by atoms with Crippen LogP contribution in [0.25, 0.3) is 0 Å². The molecule has 5 nitrogen and oxygen atoms in total. The Labute approximate surface area is 115 Å². The zero-order valence-electron chi connectivity index (χ0n) is 12.2. The lowest BCUT2D eigenvalue weighted by Gasteiger charge is -2.14. The summed E-state index contributed by atoms with van der Waals surface area (Å²) in [5, 5.41) is 9.28. The van der Waals surface area contributed by atoms with Gasteiger partial charge in [0, 0.05) is 19.3 Å². The van der Waals surface area contributed by atoms with E-state index in [-0.39, 0.29) is 6.54 Å². The van der Waals surface area contributed by atoms with Crippen LogP contribution in [0.3, 0.4) is 0 Å². The summed E-state index contributed by atoms with van der Waals surface area (Å²) >= 11 is 0. The summed E-state index contributed by atoms with van der Waals surface area (Å²) in [4.78, 5) is 4.40. The van der Waals surface area contributed by atoms with Crippen LogP contribution in [0.4, 0.5) is 0 Å². The molecule has 1 aromatic rings. The van der Waals surface area contributed by atoms with Gasteiger partial charge in [-0.05, 0) is 18.3 Å². The van der Waals surface area contributed by atoms with Gasteiger partial charge in [-0.3, -0.25) is 0 Å². The summed E-state index contributed by atoms with van der Waals surface area (Å²) in [7, 11) is 0. The van der Waals surface area contributed by atoms with E-state index >= 15 is 0 Å². The Balaban J connectivity index is 2.27. The Morgan fingerprint density at radius 1 is 1.37 bits per heavy atom. The average Bonchev–Trinajstić information content (AvgIpc) is 2.75. The number of hydrogen-bond donors (Lipinski definition) is 2. The van der Waals surface area contributed by atoms with Crippen LogP contribution in [0.15, 0.2) is 12.5 Å². The number of aliphatic hydroxyl groups is 1. The van der Waals surface area contributed by atoms with Crippen molar-refractivity contribution in [1.29, 1.82) is 0 Å². The monoisotopic (exact) mass is 269 g/mol. The Morgan fingerprint density at radius 3 is 2.74 bits per heavy atom. The third-order valence-electron chi connectivity index (χ3n) is 2.81. The fourth-order valence-electron chi connectivity index (χ4n) is 1.92. The van der Waals surface area contributed by atoms with Gasteiger partial charge >= 0.3 is 0 Å². The highest BCUT2D eigenvalue weighted by Gasteiger charge is 2.08. The molecule has 0 amide bonds. The molecule has 0 fully saturated rings. The maximum Gasteiger partial charge on any atom is 0.0949 e. The van der Waals surface area contributed by atoms with Gasteiger partial charge in [0.1, 0.15) is 0 Å². The second-order valence-electron chi connectivity index (χ2n) is 5.69. The van der Waals surface area contributed by atoms with Crippen molar-refractivity contribution < 1.29 is 9.84 Å². The van der Waals surface area contributed by atoms with Crippen LogP contribution in [-0.4, -0.2) is 40.5 Å². The van der Waals surface area contributed by atoms with Crippen molar-refractivity contribution in [2.24, 2.45) is 17.6 Å². The molecule has 5 heteroatoms. The van der Waals surface area contributed by atoms with Crippen molar-refractivity contribution in [3.05, 3.63) is 18.2 Å². The van der Waals surface area contributed by atoms with Crippen LogP contribution in [0.1, 0.15) is 26.5 Å². The zero-order chi connectivity index (χ0) is 14.3. The minimum Gasteiger partial charge on any atom is -0.389 e. The summed E-state index contributed by atoms with van der Waals surface area (Å²) in [6, 6.07) is 0. The van der Waals surface area contributed by atoms with Gasteiger partial charge in [-0.25, -0.2) is 4.98 Å². The first-order chi connectivity index (χ1) is 9.01. The molecule has 0 saturated heterocycles. The van der Waals surface area contributed by atoms with E-state index in [1.807, 2.05) is 6.33 Å². The fraction of sp³-hybridized carbons (Fsp3) is 0.786. The molecule has 1 aromatic heterocycles. The Morgan fingerprint density at radius 2 is 2.11 bits per heavy atom. The van der Waals surface area contributed by atoms with Crippen molar-refractivity contribution in [3.8, 4) is 0 Å². The summed E-state index contributed by atoms with van der Waals surface area (Å²) in [5.74, 6) is 1.01. The third kappa shape index (κ3) is 6.71. The van der Waals surface area contributed by atoms with Crippen LogP contribution >= 0.6 is 0 Å². The summed E-state index contributed by atoms with van der Waals surface area (Å²) in [6.07, 6.45) is 4.44. The molecule has 1 heterocycles. The lowest BCUT2D eigenvalue weighted by Crippen LogP contribution is -2.26. The number of rotatable bonds is 9. The molecular formula is C14H27N3O2. The van der Waals surface area contributed by atoms with E-state index in [4.69, 9.17) is 10.5 Å². The summed E-state index contributed by atoms with van der Waals surface area (Å²) in [6.45, 7) is 8.56. The van der Waals surface area contributed by atoms with Crippen LogP contribution in [0.5, 0.6) is 0 Å². The highest BCUT2D eigenvalue weighted by molar-refractivity contribution is 4.97. The van der Waals surface area contributed by atoms with Gasteiger partial charge in [-0.1, -0.05) is 20.8 Å². The first-order valence-electron chi connectivity index (χ1n) is 6.97. The number of imidazole rings is 1. The highest BCUT2D eigenvalue weighted by Crippen LogP contribution is 2.07. The summed E-state index contributed by atoms with van der Waals surface area (Å²) in [5.41, 5.74) is 6.45. The van der Waals surface area contributed by atoms with Gasteiger partial charge in [0.25, 0.3) is 0 Å². The SMILES string of the molecule is CC(C)Cc1cn(CC(C)COCC(O)CN)cn1. The molecule has 0 radical (unpaired) electrons. The maximum atomic E-state index is 9.28. The van der Waals surface area contributed by atoms with Crippen molar-refractivity contribution in [3.63, 3.8) is 0 Å². The third-order valence-corrected chi connectivity index (χ3v) is 2.81. The molecule has 2 unspecified atom stereocenters. The van der Waals surface area contributed by atoms with E-state index in [2.05, 4.69) is 36.5 Å². The second kappa shape index (κ2) is 8.30. The fourth-order valence-corrected chi connectivity index (χ4v) is 1.92. The molecule has 0 aliphatic heterocycles. The van der Waals surface area contributed by atoms with Gasteiger partial charge < -0.3 is 20.1 Å². The first-order valence-corrected chi connectivity index (χ1v) is 6.97. The van der Waals surface area contributed by atoms with Crippen LogP contribution in [0.2, 0.25) is 0 Å². The zero-order valence-corrected chi connectivity index (χ0v) is 12.2. The standard InChI is InChI=1S/C14H27N3O2/c1-11(2)4-13-7-17(10-16-13)6-12(3)8-19-9-14(18)5-15/h7,10-12,14,18H,4-6,8-9,15H2,1-3H3. The molecule has 0 aliphatic rings. The Kier molecular flexibility index (Phi) is 7.05. The molecule has 3 N–H and O–H groups in total. The number of nitrogens with zero attached hydrogens (tertiary/aromatic N) is 2.